The number of hydrogen-bond acceptors (Lipinski definition) is 3. The maximum absolute atomic E-state index is 12.0. The van der Waals surface area contributed by atoms with E-state index in [9.17, 15) is 14.7 Å². The molecule has 0 saturated carbocycles. The van der Waals surface area contributed by atoms with Gasteiger partial charge in [-0.1, -0.05) is 25.3 Å². The first-order chi connectivity index (χ1) is 14.2. The minimum absolute atomic E-state index is 0.266. The van der Waals surface area contributed by atoms with Gasteiger partial charge in [-0.15, -0.1) is 0 Å². The van der Waals surface area contributed by atoms with Crippen molar-refractivity contribution in [3.05, 3.63) is 89.1 Å². The molecule has 3 rings (SSSR count). The molecule has 5 heteroatoms. The van der Waals surface area contributed by atoms with E-state index in [1.807, 2.05) is 26.0 Å². The number of rotatable bonds is 7. The fourth-order valence-corrected chi connectivity index (χ4v) is 3.53. The van der Waals surface area contributed by atoms with Crippen molar-refractivity contribution in [3.63, 3.8) is 0 Å². The zero-order chi connectivity index (χ0) is 22.0. The van der Waals surface area contributed by atoms with Gasteiger partial charge in [0.2, 0.25) is 0 Å². The summed E-state index contributed by atoms with van der Waals surface area (Å²) in [7, 11) is 0. The number of benzene rings is 2. The number of carbonyl (C=O) groups excluding carboxylic acids is 1. The maximum atomic E-state index is 12.0. The third kappa shape index (κ3) is 3.92. The molecule has 0 atom stereocenters. The summed E-state index contributed by atoms with van der Waals surface area (Å²) in [5.41, 5.74) is 6.12. The van der Waals surface area contributed by atoms with Crippen LogP contribution in [0.4, 0.5) is 0 Å². The van der Waals surface area contributed by atoms with Crippen molar-refractivity contribution in [2.75, 3.05) is 6.61 Å². The number of carboxylic acids is 1. The molecule has 0 radical (unpaired) electrons. The Morgan fingerprint density at radius 3 is 2.40 bits per heavy atom. The summed E-state index contributed by atoms with van der Waals surface area (Å²) >= 11 is 0. The zero-order valence-electron chi connectivity index (χ0n) is 17.5. The first-order valence-electron chi connectivity index (χ1n) is 9.72. The van der Waals surface area contributed by atoms with E-state index in [0.29, 0.717) is 18.7 Å². The van der Waals surface area contributed by atoms with Gasteiger partial charge in [-0.2, -0.15) is 0 Å². The predicted octanol–water partition coefficient (Wildman–Crippen LogP) is 5.40. The van der Waals surface area contributed by atoms with Crippen molar-refractivity contribution in [3.8, 4) is 0 Å². The zero-order valence-corrected chi connectivity index (χ0v) is 17.5. The van der Waals surface area contributed by atoms with Crippen LogP contribution in [0.2, 0.25) is 0 Å². The van der Waals surface area contributed by atoms with Crippen LogP contribution < -0.4 is 0 Å². The van der Waals surface area contributed by atoms with E-state index in [-0.39, 0.29) is 11.5 Å². The van der Waals surface area contributed by atoms with E-state index in [2.05, 4.69) is 17.7 Å². The van der Waals surface area contributed by atoms with Crippen LogP contribution in [-0.2, 0) is 11.3 Å². The lowest BCUT2D eigenvalue weighted by atomic mass is 9.98. The Bertz CT molecular complexity index is 1180. The number of ether oxygens (including phenoxy) is 1. The molecule has 0 unspecified atom stereocenters. The summed E-state index contributed by atoms with van der Waals surface area (Å²) in [5, 5.41) is 10.2. The molecule has 1 aromatic heterocycles. The van der Waals surface area contributed by atoms with Gasteiger partial charge in [0.25, 0.3) is 0 Å². The van der Waals surface area contributed by atoms with Crippen molar-refractivity contribution in [1.29, 1.82) is 0 Å². The summed E-state index contributed by atoms with van der Waals surface area (Å²) in [5.74, 6) is -1.31. The Balaban J connectivity index is 1.91. The minimum atomic E-state index is -0.944. The van der Waals surface area contributed by atoms with Crippen molar-refractivity contribution in [1.82, 2.24) is 4.57 Å². The number of carboxylic acid groups (broad SMARTS) is 1. The van der Waals surface area contributed by atoms with Gasteiger partial charge in [0.05, 0.1) is 17.7 Å². The molecule has 0 fully saturated rings. The van der Waals surface area contributed by atoms with Crippen LogP contribution in [0.1, 0.15) is 44.5 Å². The van der Waals surface area contributed by atoms with Gasteiger partial charge in [0, 0.05) is 23.1 Å². The lowest BCUT2D eigenvalue weighted by Crippen LogP contribution is -2.06. The number of aryl methyl sites for hydroxylation is 1. The van der Waals surface area contributed by atoms with E-state index in [1.165, 1.54) is 0 Å². The largest absolute Gasteiger partial charge is 0.478 e. The number of aromatic nitrogens is 1. The Kier molecular flexibility index (Phi) is 5.92. The Hall–Kier alpha value is -3.60. The van der Waals surface area contributed by atoms with E-state index in [1.54, 1.807) is 37.3 Å². The highest BCUT2D eigenvalue weighted by molar-refractivity contribution is 5.95. The third-order valence-electron chi connectivity index (χ3n) is 5.38. The molecule has 0 spiro atoms. The molecule has 30 heavy (non-hydrogen) atoms. The summed E-state index contributed by atoms with van der Waals surface area (Å²) in [6.45, 7) is 15.0. The van der Waals surface area contributed by atoms with Crippen molar-refractivity contribution in [2.24, 2.45) is 0 Å². The molecule has 1 heterocycles. The Morgan fingerprint density at radius 1 is 1.03 bits per heavy atom. The quantitative estimate of drug-likeness (QED) is 0.423. The topological polar surface area (TPSA) is 68.5 Å². The highest BCUT2D eigenvalue weighted by atomic mass is 16.5. The maximum Gasteiger partial charge on any atom is 0.338 e. The molecular formula is C25H25NO4. The molecule has 154 valence electrons. The Labute approximate surface area is 175 Å². The SMILES string of the molecule is C=C(Cn1c(C)c(C)c2cc(C(=O)O)ccc21)C(=C)c1cccc(C(=O)OCC)c1. The molecule has 0 amide bonds. The third-order valence-corrected chi connectivity index (χ3v) is 5.38. The number of carbonyl (C=O) groups is 2. The lowest BCUT2D eigenvalue weighted by Gasteiger charge is -2.14. The van der Waals surface area contributed by atoms with Gasteiger partial charge in [0.15, 0.2) is 0 Å². The molecule has 2 aromatic carbocycles. The highest BCUT2D eigenvalue weighted by Gasteiger charge is 2.16. The minimum Gasteiger partial charge on any atom is -0.478 e. The molecule has 3 aromatic rings. The summed E-state index contributed by atoms with van der Waals surface area (Å²) < 4.78 is 7.19. The monoisotopic (exact) mass is 403 g/mol. The molecule has 0 aliphatic heterocycles. The second kappa shape index (κ2) is 8.41. The number of fused-ring (bicyclic) bond motifs is 1. The van der Waals surface area contributed by atoms with Crippen LogP contribution in [0.15, 0.2) is 61.2 Å². The molecule has 0 bridgehead atoms. The van der Waals surface area contributed by atoms with E-state index >= 15 is 0 Å². The lowest BCUT2D eigenvalue weighted by molar-refractivity contribution is 0.0525. The van der Waals surface area contributed by atoms with Crippen LogP contribution >= 0.6 is 0 Å². The van der Waals surface area contributed by atoms with E-state index < -0.39 is 5.97 Å². The molecule has 0 aliphatic rings. The van der Waals surface area contributed by atoms with Crippen LogP contribution in [0.25, 0.3) is 16.5 Å². The molecule has 0 saturated heterocycles. The van der Waals surface area contributed by atoms with Crippen LogP contribution in [0.3, 0.4) is 0 Å². The van der Waals surface area contributed by atoms with Gasteiger partial charge in [-0.3, -0.25) is 0 Å². The van der Waals surface area contributed by atoms with Gasteiger partial charge in [-0.25, -0.2) is 9.59 Å². The molecule has 1 N–H and O–H groups in total. The standard InChI is InChI=1S/C25H25NO4/c1-6-30-25(29)21-9-7-8-19(12-21)16(3)15(2)14-26-18(5)17(4)22-13-20(24(27)28)10-11-23(22)26/h7-13H,2-3,6,14H2,1,4-5H3,(H,27,28). The number of aromatic carboxylic acids is 1. The van der Waals surface area contributed by atoms with E-state index in [4.69, 9.17) is 4.74 Å². The Morgan fingerprint density at radius 2 is 1.73 bits per heavy atom. The number of nitrogens with zero attached hydrogens (tertiary/aromatic N) is 1. The van der Waals surface area contributed by atoms with Gasteiger partial charge < -0.3 is 14.4 Å². The van der Waals surface area contributed by atoms with Crippen molar-refractivity contribution < 1.29 is 19.4 Å². The molecular weight excluding hydrogens is 378 g/mol. The number of hydrogen-bond donors (Lipinski definition) is 1. The van der Waals surface area contributed by atoms with Crippen LogP contribution in [0, 0.1) is 13.8 Å². The van der Waals surface area contributed by atoms with Crippen LogP contribution in [0.5, 0.6) is 0 Å². The first-order valence-corrected chi connectivity index (χ1v) is 9.72. The predicted molar refractivity (Wildman–Crippen MR) is 119 cm³/mol. The average molecular weight is 403 g/mol. The van der Waals surface area contributed by atoms with Gasteiger partial charge >= 0.3 is 11.9 Å². The smallest absolute Gasteiger partial charge is 0.338 e. The number of esters is 1. The fraction of sp³-hybridized carbons (Fsp3) is 0.200. The van der Waals surface area contributed by atoms with Crippen molar-refractivity contribution >= 4 is 28.4 Å². The van der Waals surface area contributed by atoms with E-state index in [0.717, 1.165) is 38.9 Å². The summed E-state index contributed by atoms with van der Waals surface area (Å²) in [6, 6.07) is 12.3. The van der Waals surface area contributed by atoms with Crippen LogP contribution in [-0.4, -0.2) is 28.2 Å². The summed E-state index contributed by atoms with van der Waals surface area (Å²) in [4.78, 5) is 23.4. The average Bonchev–Trinajstić information content (AvgIpc) is 2.97. The molecule has 0 aliphatic carbocycles. The number of allylic oxidation sites excluding steroid dienone is 2. The highest BCUT2D eigenvalue weighted by Crippen LogP contribution is 2.29. The second-order valence-electron chi connectivity index (χ2n) is 7.22. The second-order valence-corrected chi connectivity index (χ2v) is 7.22. The first kappa shape index (κ1) is 21.1. The van der Waals surface area contributed by atoms with Crippen molar-refractivity contribution in [2.45, 2.75) is 27.3 Å². The normalized spacial score (nSPS) is 10.8. The van der Waals surface area contributed by atoms with Gasteiger partial charge in [-0.05, 0) is 73.4 Å². The van der Waals surface area contributed by atoms with Gasteiger partial charge in [0.1, 0.15) is 0 Å². The summed E-state index contributed by atoms with van der Waals surface area (Å²) in [6.07, 6.45) is 0. The molecule has 5 nitrogen and oxygen atoms in total. The fourth-order valence-electron chi connectivity index (χ4n) is 3.53.